The third-order valence-corrected chi connectivity index (χ3v) is 6.82. The Hall–Kier alpha value is -3.64. The molecule has 0 aromatic heterocycles. The number of anilines is 1. The van der Waals surface area contributed by atoms with Crippen LogP contribution in [0.25, 0.3) is 33.4 Å². The summed E-state index contributed by atoms with van der Waals surface area (Å²) in [5, 5.41) is 11.9. The number of nitrogens with two attached hydrogens (primary N) is 1. The zero-order chi connectivity index (χ0) is 25.1. The minimum atomic E-state index is -0.957. The van der Waals surface area contributed by atoms with E-state index in [0.717, 1.165) is 59.3 Å². The van der Waals surface area contributed by atoms with Crippen LogP contribution in [0.1, 0.15) is 43.6 Å². The van der Waals surface area contributed by atoms with Gasteiger partial charge in [0.15, 0.2) is 0 Å². The molecule has 0 amide bonds. The standard InChI is InChI=1S/C29H33N3O3/c1-5-31(6-2)19-13-14-22-26(17-19)35-28-23(15-16-25(24(28)18-30)32(7-3)8-4)27(22)20-11-9-10-12-21(20)29(33)34/h9-17H,5-8,18,30H2,1-4H3/p+1. The van der Waals surface area contributed by atoms with Crippen LogP contribution < -0.4 is 20.6 Å². The van der Waals surface area contributed by atoms with Gasteiger partial charge in [0, 0.05) is 54.0 Å². The predicted octanol–water partition coefficient (Wildman–Crippen LogP) is 5.02. The molecule has 0 radical (unpaired) electrons. The molecular formula is C29H34N3O3+. The van der Waals surface area contributed by atoms with Gasteiger partial charge >= 0.3 is 5.97 Å². The summed E-state index contributed by atoms with van der Waals surface area (Å²) in [6.07, 6.45) is 0. The lowest BCUT2D eigenvalue weighted by atomic mass is 9.89. The zero-order valence-corrected chi connectivity index (χ0v) is 21.0. The number of rotatable bonds is 8. The molecule has 1 heterocycles. The molecule has 2 aromatic carbocycles. The summed E-state index contributed by atoms with van der Waals surface area (Å²) in [5.41, 5.74) is 11.7. The molecule has 1 aliphatic carbocycles. The Morgan fingerprint density at radius 1 is 0.971 bits per heavy atom. The summed E-state index contributed by atoms with van der Waals surface area (Å²) in [6, 6.07) is 17.5. The van der Waals surface area contributed by atoms with Crippen molar-refractivity contribution in [1.82, 2.24) is 4.58 Å². The molecule has 0 fully saturated rings. The number of aromatic carboxylic acids is 1. The molecule has 2 aliphatic rings. The zero-order valence-electron chi connectivity index (χ0n) is 21.0. The van der Waals surface area contributed by atoms with Crippen molar-refractivity contribution in [1.29, 1.82) is 0 Å². The molecule has 0 spiro atoms. The second-order valence-corrected chi connectivity index (χ2v) is 8.50. The topological polar surface area (TPSA) is 82.7 Å². The highest BCUT2D eigenvalue weighted by Gasteiger charge is 2.25. The Morgan fingerprint density at radius 3 is 2.31 bits per heavy atom. The largest absolute Gasteiger partial charge is 0.478 e. The van der Waals surface area contributed by atoms with Gasteiger partial charge < -0.3 is 20.2 Å². The maximum atomic E-state index is 12.2. The van der Waals surface area contributed by atoms with Crippen LogP contribution in [0.4, 0.5) is 5.69 Å². The number of hydrogen-bond acceptors (Lipinski definition) is 4. The van der Waals surface area contributed by atoms with Crippen molar-refractivity contribution in [3.05, 3.63) is 71.1 Å². The van der Waals surface area contributed by atoms with Crippen LogP contribution in [0.5, 0.6) is 0 Å². The highest BCUT2D eigenvalue weighted by molar-refractivity contribution is 6.08. The van der Waals surface area contributed by atoms with E-state index in [-0.39, 0.29) is 5.56 Å². The number of carboxylic acids is 1. The second kappa shape index (κ2) is 10.3. The molecule has 0 bridgehead atoms. The molecule has 0 atom stereocenters. The molecule has 182 valence electrons. The fraction of sp³-hybridized carbons (Fsp3) is 0.310. The average Bonchev–Trinajstić information content (AvgIpc) is 2.88. The van der Waals surface area contributed by atoms with E-state index in [0.29, 0.717) is 23.5 Å². The Morgan fingerprint density at radius 2 is 1.69 bits per heavy atom. The molecule has 0 unspecified atom stereocenters. The third kappa shape index (κ3) is 4.30. The van der Waals surface area contributed by atoms with Gasteiger partial charge in [-0.2, -0.15) is 0 Å². The molecule has 3 N–H and O–H groups in total. The van der Waals surface area contributed by atoms with Gasteiger partial charge in [0.2, 0.25) is 5.36 Å². The van der Waals surface area contributed by atoms with Crippen LogP contribution in [0.3, 0.4) is 0 Å². The monoisotopic (exact) mass is 472 g/mol. The van der Waals surface area contributed by atoms with Crippen LogP contribution in [0.2, 0.25) is 0 Å². The van der Waals surface area contributed by atoms with Gasteiger partial charge in [0.25, 0.3) is 0 Å². The first kappa shape index (κ1) is 24.5. The van der Waals surface area contributed by atoms with Gasteiger partial charge in [-0.3, -0.25) is 0 Å². The quantitative estimate of drug-likeness (QED) is 0.278. The first-order valence-corrected chi connectivity index (χ1v) is 12.4. The lowest BCUT2D eigenvalue weighted by molar-refractivity contribution is 0.0697. The minimum absolute atomic E-state index is 0.260. The third-order valence-electron chi connectivity index (χ3n) is 6.82. The fourth-order valence-corrected chi connectivity index (χ4v) is 5.01. The smallest absolute Gasteiger partial charge is 0.336 e. The van der Waals surface area contributed by atoms with Crippen LogP contribution in [-0.2, 0) is 6.54 Å². The summed E-state index contributed by atoms with van der Waals surface area (Å²) in [5.74, 6) is -0.252. The minimum Gasteiger partial charge on any atom is -0.478 e. The number of benzene rings is 3. The van der Waals surface area contributed by atoms with Crippen LogP contribution >= 0.6 is 0 Å². The van der Waals surface area contributed by atoms with E-state index in [1.165, 1.54) is 0 Å². The van der Waals surface area contributed by atoms with Gasteiger partial charge in [-0.15, -0.1) is 0 Å². The molecule has 6 heteroatoms. The Balaban J connectivity index is 2.21. The SMILES string of the molecule is CCN(CC)c1ccc2c(-c3ccccc3C(=O)O)c3ccc(=[N+](CC)CC)c(CN)c-3oc2c1. The maximum Gasteiger partial charge on any atom is 0.336 e. The molecule has 4 rings (SSSR count). The van der Waals surface area contributed by atoms with Crippen molar-refractivity contribution in [2.24, 2.45) is 5.73 Å². The molecule has 2 aromatic rings. The Labute approximate surface area is 206 Å². The number of nitrogens with zero attached hydrogens (tertiary/aromatic N) is 2. The van der Waals surface area contributed by atoms with Crippen molar-refractivity contribution in [2.45, 2.75) is 34.2 Å². The van der Waals surface area contributed by atoms with E-state index < -0.39 is 5.97 Å². The Kier molecular flexibility index (Phi) is 7.22. The second-order valence-electron chi connectivity index (χ2n) is 8.50. The van der Waals surface area contributed by atoms with Crippen molar-refractivity contribution >= 4 is 22.6 Å². The Bertz CT molecular complexity index is 1410. The summed E-state index contributed by atoms with van der Waals surface area (Å²) in [6.45, 7) is 12.3. The van der Waals surface area contributed by atoms with Gasteiger partial charge in [0.1, 0.15) is 24.4 Å². The van der Waals surface area contributed by atoms with E-state index in [9.17, 15) is 9.90 Å². The van der Waals surface area contributed by atoms with Crippen molar-refractivity contribution in [3.63, 3.8) is 0 Å². The van der Waals surface area contributed by atoms with E-state index >= 15 is 0 Å². The first-order valence-electron chi connectivity index (χ1n) is 12.4. The lowest BCUT2D eigenvalue weighted by Gasteiger charge is -2.23. The number of hydrogen-bond donors (Lipinski definition) is 2. The average molecular weight is 473 g/mol. The fourth-order valence-electron chi connectivity index (χ4n) is 5.01. The van der Waals surface area contributed by atoms with E-state index in [1.807, 2.05) is 24.3 Å². The van der Waals surface area contributed by atoms with Gasteiger partial charge in [-0.1, -0.05) is 18.2 Å². The highest BCUT2D eigenvalue weighted by atomic mass is 16.4. The van der Waals surface area contributed by atoms with E-state index in [4.69, 9.17) is 10.2 Å². The molecule has 0 saturated carbocycles. The first-order chi connectivity index (χ1) is 17.0. The summed E-state index contributed by atoms with van der Waals surface area (Å²) in [4.78, 5) is 14.4. The normalized spacial score (nSPS) is 11.2. The molecular weight excluding hydrogens is 438 g/mol. The predicted molar refractivity (Wildman–Crippen MR) is 143 cm³/mol. The van der Waals surface area contributed by atoms with Gasteiger partial charge in [0.05, 0.1) is 11.1 Å². The summed E-state index contributed by atoms with van der Waals surface area (Å²) in [7, 11) is 0. The van der Waals surface area contributed by atoms with Crippen LogP contribution in [-0.4, -0.2) is 37.3 Å². The van der Waals surface area contributed by atoms with Crippen LogP contribution in [0, 0.1) is 0 Å². The van der Waals surface area contributed by atoms with Crippen molar-refractivity contribution < 1.29 is 14.3 Å². The number of carbonyl (C=O) groups is 1. The molecule has 1 aliphatic heterocycles. The van der Waals surface area contributed by atoms with E-state index in [2.05, 4.69) is 55.4 Å². The maximum absolute atomic E-state index is 12.2. The van der Waals surface area contributed by atoms with Crippen molar-refractivity contribution in [3.8, 4) is 22.5 Å². The summed E-state index contributed by atoms with van der Waals surface area (Å²) < 4.78 is 8.87. The summed E-state index contributed by atoms with van der Waals surface area (Å²) >= 11 is 0. The molecule has 0 saturated heterocycles. The lowest BCUT2D eigenvalue weighted by Crippen LogP contribution is -2.33. The number of fused-ring (bicyclic) bond motifs is 2. The van der Waals surface area contributed by atoms with Crippen molar-refractivity contribution in [2.75, 3.05) is 31.1 Å². The highest BCUT2D eigenvalue weighted by Crippen LogP contribution is 2.43. The molecule has 6 nitrogen and oxygen atoms in total. The molecule has 35 heavy (non-hydrogen) atoms. The van der Waals surface area contributed by atoms with Gasteiger partial charge in [-0.05, 0) is 57.5 Å². The number of carboxylic acid groups (broad SMARTS) is 1. The van der Waals surface area contributed by atoms with Crippen LogP contribution in [0.15, 0.2) is 59.0 Å². The van der Waals surface area contributed by atoms with E-state index in [1.54, 1.807) is 12.1 Å². The van der Waals surface area contributed by atoms with Gasteiger partial charge in [-0.25, -0.2) is 9.37 Å².